The van der Waals surface area contributed by atoms with Crippen LogP contribution < -0.4 is 0 Å². The number of rotatable bonds is 0. The Morgan fingerprint density at radius 3 is 0.312 bits per heavy atom. The molecule has 8 heteroatoms. The topological polar surface area (TPSA) is 0 Å². The van der Waals surface area contributed by atoms with E-state index in [2.05, 4.69) is 0 Å². The summed E-state index contributed by atoms with van der Waals surface area (Å²) in [5.74, 6) is 0. The van der Waals surface area contributed by atoms with E-state index in [1.54, 1.807) is 0 Å². The average molecular weight is 834 g/mol. The molecule has 0 nitrogen and oxygen atoms in total. The number of hydrogen-bond donors (Lipinski definition) is 0. The van der Waals surface area contributed by atoms with Gasteiger partial charge in [0.25, 0.3) is 0 Å². The van der Waals surface area contributed by atoms with Crippen LogP contribution in [0.4, 0.5) is 0 Å². The maximum absolute atomic E-state index is 2.00. The van der Waals surface area contributed by atoms with Gasteiger partial charge in [0, 0.05) is 262 Å². The molecule has 0 saturated carbocycles. The summed E-state index contributed by atoms with van der Waals surface area (Å²) in [5, 5.41) is 0. The molecule has 0 aliphatic rings. The fourth-order valence-electron chi connectivity index (χ4n) is 0. The van der Waals surface area contributed by atoms with Gasteiger partial charge in [-0.05, 0) is 0 Å². The second kappa shape index (κ2) is 159. The summed E-state index contributed by atoms with van der Waals surface area (Å²) in [6.07, 6.45) is 0. The van der Waals surface area contributed by atoms with Crippen LogP contribution in [0, 0.1) is 14.9 Å². The SMILES string of the molecule is C.C.CC.CC.[CH3-].[CH3-].[Y].[Y].[Y].[Y].[Y].[Y].[Y].[Y]. The second-order valence-corrected chi connectivity index (χ2v) is 0. The van der Waals surface area contributed by atoms with E-state index in [0.29, 0.717) is 0 Å². The van der Waals surface area contributed by atoms with Crippen LogP contribution in [-0.2, 0) is 262 Å². The monoisotopic (exact) mass is 833 g/mol. The molecule has 0 atom stereocenters. The molecular weight excluding hydrogens is 807 g/mol. The van der Waals surface area contributed by atoms with E-state index in [9.17, 15) is 0 Å². The van der Waals surface area contributed by atoms with E-state index in [1.807, 2.05) is 27.7 Å². The molecule has 0 rings (SSSR count). The van der Waals surface area contributed by atoms with Crippen LogP contribution in [-0.4, -0.2) is 0 Å². The van der Waals surface area contributed by atoms with Crippen molar-refractivity contribution in [3.8, 4) is 0 Å². The van der Waals surface area contributed by atoms with Crippen molar-refractivity contribution in [2.24, 2.45) is 0 Å². The summed E-state index contributed by atoms with van der Waals surface area (Å²) in [6.45, 7) is 8.00. The third-order valence-corrected chi connectivity index (χ3v) is 0. The van der Waals surface area contributed by atoms with Crippen molar-refractivity contribution in [2.45, 2.75) is 42.5 Å². The first-order chi connectivity index (χ1) is 2.00. The van der Waals surface area contributed by atoms with Crippen molar-refractivity contribution in [1.29, 1.82) is 0 Å². The first-order valence-electron chi connectivity index (χ1n) is 2.00. The van der Waals surface area contributed by atoms with Gasteiger partial charge in [0.2, 0.25) is 0 Å². The van der Waals surface area contributed by atoms with Gasteiger partial charge >= 0.3 is 0 Å². The fraction of sp³-hybridized carbons (Fsp3) is 0.750. The maximum Gasteiger partial charge on any atom is 0 e. The zero-order chi connectivity index (χ0) is 4.00. The Balaban J connectivity index is -0.000000000238. The average Bonchev–Trinajstić information content (AvgIpc) is 1.50. The molecule has 0 aliphatic heterocycles. The van der Waals surface area contributed by atoms with Gasteiger partial charge in [-0.25, -0.2) is 0 Å². The van der Waals surface area contributed by atoms with Crippen LogP contribution in [0.3, 0.4) is 0 Å². The Hall–Kier alpha value is 8.83. The molecule has 0 aromatic rings. The van der Waals surface area contributed by atoms with E-state index < -0.39 is 0 Å². The van der Waals surface area contributed by atoms with Crippen LogP contribution in [0.15, 0.2) is 0 Å². The normalized spacial score (nSPS) is 0.750. The van der Waals surface area contributed by atoms with E-state index in [1.165, 1.54) is 0 Å². The van der Waals surface area contributed by atoms with Crippen molar-refractivity contribution < 1.29 is 262 Å². The van der Waals surface area contributed by atoms with Crippen molar-refractivity contribution in [2.75, 3.05) is 0 Å². The van der Waals surface area contributed by atoms with Crippen LogP contribution in [0.5, 0.6) is 0 Å². The van der Waals surface area contributed by atoms with Crippen LogP contribution >= 0.6 is 0 Å². The van der Waals surface area contributed by atoms with E-state index >= 15 is 0 Å². The van der Waals surface area contributed by atoms with Gasteiger partial charge in [0.1, 0.15) is 0 Å². The molecule has 0 aromatic carbocycles. The van der Waals surface area contributed by atoms with Crippen molar-refractivity contribution >= 4 is 0 Å². The van der Waals surface area contributed by atoms with Gasteiger partial charge in [-0.2, -0.15) is 0 Å². The molecule has 0 amide bonds. The van der Waals surface area contributed by atoms with Crippen molar-refractivity contribution in [3.05, 3.63) is 14.9 Å². The molecule has 0 spiro atoms. The van der Waals surface area contributed by atoms with Gasteiger partial charge in [0.05, 0.1) is 0 Å². The molecule has 0 saturated heterocycles. The molecule has 0 unspecified atom stereocenters. The molecule has 84 valence electrons. The van der Waals surface area contributed by atoms with Gasteiger partial charge in [-0.15, -0.1) is 0 Å². The molecule has 0 fully saturated rings. The Bertz CT molecular complexity index is 16.0. The minimum absolute atomic E-state index is 0. The maximum atomic E-state index is 2.00. The molecular formula is C8H26Y8-2. The summed E-state index contributed by atoms with van der Waals surface area (Å²) >= 11 is 0. The summed E-state index contributed by atoms with van der Waals surface area (Å²) in [4.78, 5) is 0. The molecule has 0 aliphatic carbocycles. The van der Waals surface area contributed by atoms with Gasteiger partial charge in [-0.3, -0.25) is 0 Å². The first kappa shape index (κ1) is 120. The van der Waals surface area contributed by atoms with Crippen molar-refractivity contribution in [1.82, 2.24) is 0 Å². The van der Waals surface area contributed by atoms with Gasteiger partial charge < -0.3 is 14.9 Å². The summed E-state index contributed by atoms with van der Waals surface area (Å²) in [7, 11) is 0. The first-order valence-corrected chi connectivity index (χ1v) is 2.00. The minimum Gasteiger partial charge on any atom is -0.358 e. The zero-order valence-electron chi connectivity index (χ0n) is 10.6. The Morgan fingerprint density at radius 1 is 0.312 bits per heavy atom. The summed E-state index contributed by atoms with van der Waals surface area (Å²) in [6, 6.07) is 0. The molecule has 16 heavy (non-hydrogen) atoms. The van der Waals surface area contributed by atoms with E-state index in [4.69, 9.17) is 0 Å². The largest absolute Gasteiger partial charge is 0.358 e. The second-order valence-electron chi connectivity index (χ2n) is 0. The zero-order valence-corrected chi connectivity index (χ0v) is 33.3. The van der Waals surface area contributed by atoms with Gasteiger partial charge in [-0.1, -0.05) is 42.5 Å². The predicted octanol–water partition coefficient (Wildman–Crippen LogP) is 4.21. The van der Waals surface area contributed by atoms with Crippen LogP contribution in [0.2, 0.25) is 0 Å². The Morgan fingerprint density at radius 2 is 0.312 bits per heavy atom. The van der Waals surface area contributed by atoms with Gasteiger partial charge in [0.15, 0.2) is 0 Å². The third kappa shape index (κ3) is 140. The van der Waals surface area contributed by atoms with Crippen LogP contribution in [0.25, 0.3) is 0 Å². The molecule has 0 bridgehead atoms. The number of hydrogen-bond acceptors (Lipinski definition) is 0. The summed E-state index contributed by atoms with van der Waals surface area (Å²) < 4.78 is 0. The van der Waals surface area contributed by atoms with Crippen molar-refractivity contribution in [3.63, 3.8) is 0 Å². The molecule has 0 heterocycles. The smallest absolute Gasteiger partial charge is 0 e. The Labute approximate surface area is 309 Å². The quantitative estimate of drug-likeness (QED) is 0.322. The Kier molecular flexibility index (Phi) is 1200. The molecule has 0 aromatic heterocycles. The standard InChI is InChI=1S/2C2H6.2CH4.2CH3.8Y/c2*1-2;;;;;;;;;;;;/h2*1-2H3;2*1H4;2*1H3;;;;;;;;/q;;;;2*-1;;;;;;;;. The minimum atomic E-state index is 0. The molecule has 0 N–H and O–H groups in total. The predicted molar refractivity (Wildman–Crippen MR) is 49.0 cm³/mol. The summed E-state index contributed by atoms with van der Waals surface area (Å²) in [5.41, 5.74) is 0. The fourth-order valence-corrected chi connectivity index (χ4v) is 0. The molecule has 8 radical (unpaired) electrons. The van der Waals surface area contributed by atoms with E-state index in [0.717, 1.165) is 0 Å². The third-order valence-electron chi connectivity index (χ3n) is 0. The van der Waals surface area contributed by atoms with Crippen LogP contribution in [0.1, 0.15) is 42.5 Å². The van der Waals surface area contributed by atoms with E-state index in [-0.39, 0.29) is 291 Å².